The lowest BCUT2D eigenvalue weighted by atomic mass is 10.00. The Hall–Kier alpha value is -4.07. The number of nitroso groups, excluding NO2 is 2. The van der Waals surface area contributed by atoms with Crippen LogP contribution in [-0.2, 0) is 0 Å². The molecular weight excluding hydrogens is 509 g/mol. The Kier molecular flexibility index (Phi) is 6.63. The average Bonchev–Trinajstić information content (AvgIpc) is 3.29. The Labute approximate surface area is 204 Å². The monoisotopic (exact) mass is 524 g/mol. The number of aromatic nitrogens is 2. The minimum Gasteiger partial charge on any atom is -0.477 e. The molecule has 2 atom stereocenters. The number of nitrogen functional groups attached to an aromatic ring is 1. The van der Waals surface area contributed by atoms with Gasteiger partial charge in [0.05, 0.1) is 21.6 Å². The summed E-state index contributed by atoms with van der Waals surface area (Å²) in [7, 11) is 0. The molecule has 0 amide bonds. The van der Waals surface area contributed by atoms with Crippen LogP contribution in [0.1, 0.15) is 16.8 Å². The van der Waals surface area contributed by atoms with Gasteiger partial charge in [0.2, 0.25) is 5.43 Å². The lowest BCUT2D eigenvalue weighted by Crippen LogP contribution is -2.27. The van der Waals surface area contributed by atoms with E-state index < -0.39 is 68.4 Å². The van der Waals surface area contributed by atoms with Crippen LogP contribution in [0.5, 0.6) is 0 Å². The molecule has 2 aromatic heterocycles. The van der Waals surface area contributed by atoms with E-state index in [1.807, 2.05) is 0 Å². The van der Waals surface area contributed by atoms with Crippen LogP contribution < -0.4 is 16.1 Å². The fourth-order valence-electron chi connectivity index (χ4n) is 4.30. The van der Waals surface area contributed by atoms with Gasteiger partial charge in [0.25, 0.3) is 0 Å². The molecule has 11 nitrogen and oxygen atoms in total. The summed E-state index contributed by atoms with van der Waals surface area (Å²) in [4.78, 5) is 51.3. The molecule has 15 heteroatoms. The first-order valence-corrected chi connectivity index (χ1v) is 10.8. The highest BCUT2D eigenvalue weighted by Crippen LogP contribution is 2.39. The number of carbonyl (C=O) groups is 1. The molecule has 2 unspecified atom stereocenters. The lowest BCUT2D eigenvalue weighted by Gasteiger charge is -2.24. The number of rotatable bonds is 7. The van der Waals surface area contributed by atoms with E-state index in [4.69, 9.17) is 17.3 Å². The average molecular weight is 525 g/mol. The van der Waals surface area contributed by atoms with Crippen molar-refractivity contribution in [2.75, 3.05) is 30.3 Å². The number of aromatic carboxylic acids is 1. The summed E-state index contributed by atoms with van der Waals surface area (Å²) < 4.78 is 44.6. The molecule has 0 aliphatic carbocycles. The van der Waals surface area contributed by atoms with E-state index in [9.17, 15) is 33.3 Å². The highest BCUT2D eigenvalue weighted by atomic mass is 35.5. The van der Waals surface area contributed by atoms with Gasteiger partial charge in [-0.25, -0.2) is 22.9 Å². The smallest absolute Gasteiger partial charge is 0.341 e. The van der Waals surface area contributed by atoms with Crippen LogP contribution in [0.25, 0.3) is 16.7 Å². The number of hydrogen-bond acceptors (Lipinski definition) is 9. The maximum Gasteiger partial charge on any atom is 0.341 e. The number of nitrogens with two attached hydrogens (primary N) is 1. The molecule has 4 rings (SSSR count). The van der Waals surface area contributed by atoms with Gasteiger partial charge in [-0.15, -0.1) is 0 Å². The summed E-state index contributed by atoms with van der Waals surface area (Å²) in [6.07, 6.45) is 1.08. The van der Waals surface area contributed by atoms with E-state index in [0.29, 0.717) is 12.5 Å². The van der Waals surface area contributed by atoms with Crippen molar-refractivity contribution in [2.45, 2.75) is 12.5 Å². The highest BCUT2D eigenvalue weighted by Gasteiger charge is 2.34. The van der Waals surface area contributed by atoms with Crippen molar-refractivity contribution in [3.05, 3.63) is 66.4 Å². The molecule has 0 bridgehead atoms. The van der Waals surface area contributed by atoms with E-state index in [2.05, 4.69) is 15.3 Å². The number of halogens is 4. The summed E-state index contributed by atoms with van der Waals surface area (Å²) in [5, 5.41) is 14.2. The molecule has 1 aliphatic rings. The van der Waals surface area contributed by atoms with Gasteiger partial charge < -0.3 is 15.7 Å². The van der Waals surface area contributed by atoms with Crippen molar-refractivity contribution in [1.29, 1.82) is 0 Å². The third-order valence-corrected chi connectivity index (χ3v) is 6.39. The maximum absolute atomic E-state index is 15.3. The summed E-state index contributed by atoms with van der Waals surface area (Å²) in [5.41, 5.74) is 2.99. The summed E-state index contributed by atoms with van der Waals surface area (Å²) >= 11 is 6.53. The van der Waals surface area contributed by atoms with E-state index >= 15 is 4.39 Å². The van der Waals surface area contributed by atoms with E-state index in [0.717, 1.165) is 16.8 Å². The Balaban J connectivity index is 1.98. The van der Waals surface area contributed by atoms with Crippen molar-refractivity contribution in [3.63, 3.8) is 0 Å². The molecule has 0 radical (unpaired) electrons. The number of carboxylic acids is 1. The Morgan fingerprint density at radius 3 is 2.61 bits per heavy atom. The Morgan fingerprint density at radius 2 is 1.97 bits per heavy atom. The number of fused-ring (bicyclic) bond motifs is 1. The molecule has 0 spiro atoms. The van der Waals surface area contributed by atoms with Gasteiger partial charge in [-0.2, -0.15) is 9.81 Å². The number of benzene rings is 1. The molecule has 3 heterocycles. The zero-order chi connectivity index (χ0) is 26.3. The molecule has 3 N–H and O–H groups in total. The topological polar surface area (TPSA) is 160 Å². The quantitative estimate of drug-likeness (QED) is 0.444. The first-order chi connectivity index (χ1) is 17.1. The van der Waals surface area contributed by atoms with Gasteiger partial charge in [-0.05, 0) is 12.5 Å². The van der Waals surface area contributed by atoms with Crippen LogP contribution in [0, 0.1) is 33.2 Å². The molecule has 1 aliphatic heterocycles. The Morgan fingerprint density at radius 1 is 1.25 bits per heavy atom. The molecule has 188 valence electrons. The van der Waals surface area contributed by atoms with Crippen molar-refractivity contribution < 1.29 is 23.1 Å². The number of carboxylic acid groups (broad SMARTS) is 1. The number of anilines is 2. The normalized spacial score (nSPS) is 16.3. The second-order valence-electron chi connectivity index (χ2n) is 8.10. The van der Waals surface area contributed by atoms with Gasteiger partial charge in [0.15, 0.2) is 23.3 Å². The standard InChI is InChI=1S/C21H16ClF3N6O5/c22-15-16-9(3-11(23)17(15)30-2-1-8(6-30)14(29-36)5-27-35)18(32)10(21(33)34)7-31(16)20-13(25)4-12(24)19(26)28-20/h3-4,7-8,14H,1-2,5-6H2,(H2,26,28)(H,33,34). The predicted molar refractivity (Wildman–Crippen MR) is 124 cm³/mol. The highest BCUT2D eigenvalue weighted by molar-refractivity contribution is 6.38. The molecule has 36 heavy (non-hydrogen) atoms. The lowest BCUT2D eigenvalue weighted by molar-refractivity contribution is 0.0695. The maximum atomic E-state index is 15.3. The molecule has 0 saturated carbocycles. The third kappa shape index (κ3) is 4.12. The van der Waals surface area contributed by atoms with Gasteiger partial charge in [0, 0.05) is 31.3 Å². The van der Waals surface area contributed by atoms with Crippen LogP contribution in [0.3, 0.4) is 0 Å². The number of nitrogens with zero attached hydrogens (tertiary/aromatic N) is 5. The summed E-state index contributed by atoms with van der Waals surface area (Å²) in [6, 6.07) is 0.230. The van der Waals surface area contributed by atoms with Gasteiger partial charge in [0.1, 0.15) is 24.0 Å². The van der Waals surface area contributed by atoms with Gasteiger partial charge in [-0.3, -0.25) is 9.36 Å². The van der Waals surface area contributed by atoms with E-state index in [1.165, 1.54) is 4.90 Å². The minimum absolute atomic E-state index is 0.0572. The second kappa shape index (κ2) is 9.53. The predicted octanol–water partition coefficient (Wildman–Crippen LogP) is 3.46. The van der Waals surface area contributed by atoms with Crippen molar-refractivity contribution in [2.24, 2.45) is 16.3 Å². The molecule has 1 fully saturated rings. The molecule has 1 saturated heterocycles. The first-order valence-electron chi connectivity index (χ1n) is 10.4. The van der Waals surface area contributed by atoms with E-state index in [1.54, 1.807) is 0 Å². The zero-order valence-electron chi connectivity index (χ0n) is 18.1. The van der Waals surface area contributed by atoms with Crippen LogP contribution in [0.4, 0.5) is 24.7 Å². The third-order valence-electron chi connectivity index (χ3n) is 6.04. The fraction of sp³-hybridized carbons (Fsp3) is 0.286. The van der Waals surface area contributed by atoms with Crippen LogP contribution >= 0.6 is 11.6 Å². The fourth-order valence-corrected chi connectivity index (χ4v) is 4.71. The SMILES string of the molecule is Nc1nc(-n2cc(C(=O)O)c(=O)c3cc(F)c(N4CCC(C(CN=O)N=O)C4)c(Cl)c32)c(F)cc1F. The van der Waals surface area contributed by atoms with Crippen molar-refractivity contribution in [3.8, 4) is 5.82 Å². The molecule has 3 aromatic rings. The molecule has 1 aromatic carbocycles. The van der Waals surface area contributed by atoms with Crippen molar-refractivity contribution in [1.82, 2.24) is 9.55 Å². The van der Waals surface area contributed by atoms with Gasteiger partial charge >= 0.3 is 5.97 Å². The van der Waals surface area contributed by atoms with Crippen LogP contribution in [0.15, 0.2) is 33.5 Å². The van der Waals surface area contributed by atoms with Crippen LogP contribution in [0.2, 0.25) is 5.02 Å². The van der Waals surface area contributed by atoms with Crippen molar-refractivity contribution >= 4 is 40.0 Å². The number of pyridine rings is 2. The first kappa shape index (κ1) is 25.0. The second-order valence-corrected chi connectivity index (χ2v) is 8.48. The summed E-state index contributed by atoms with van der Waals surface area (Å²) in [5.74, 6) is -6.95. The minimum atomic E-state index is -1.69. The van der Waals surface area contributed by atoms with Gasteiger partial charge in [-0.1, -0.05) is 22.0 Å². The van der Waals surface area contributed by atoms with Crippen LogP contribution in [-0.4, -0.2) is 46.3 Å². The Bertz CT molecular complexity index is 1480. The molecular formula is C21H16ClF3N6O5. The largest absolute Gasteiger partial charge is 0.477 e. The number of hydrogen-bond donors (Lipinski definition) is 2. The van der Waals surface area contributed by atoms with E-state index in [-0.39, 0.29) is 30.8 Å². The summed E-state index contributed by atoms with van der Waals surface area (Å²) in [6.45, 7) is -0.114. The zero-order valence-corrected chi connectivity index (χ0v) is 18.9.